The Hall–Kier alpha value is -1.42. The molecule has 0 amide bonds. The first-order valence-electron chi connectivity index (χ1n) is 7.82. The minimum atomic E-state index is -0.320. The SMILES string of the molecule is CCN(CC)CC(O)CNCc1cccc2ccccc12. The third kappa shape index (κ3) is 4.53. The van der Waals surface area contributed by atoms with Crippen LogP contribution < -0.4 is 5.32 Å². The van der Waals surface area contributed by atoms with E-state index in [1.54, 1.807) is 0 Å². The molecule has 0 radical (unpaired) electrons. The predicted molar refractivity (Wildman–Crippen MR) is 89.4 cm³/mol. The standard InChI is InChI=1S/C18H26N2O/c1-3-20(4-2)14-17(21)13-19-12-16-10-7-9-15-8-5-6-11-18(15)16/h5-11,17,19,21H,3-4,12-14H2,1-2H3. The fourth-order valence-electron chi connectivity index (χ4n) is 2.66. The Labute approximate surface area is 127 Å². The summed E-state index contributed by atoms with van der Waals surface area (Å²) in [6.45, 7) is 8.36. The van der Waals surface area contributed by atoms with Crippen molar-refractivity contribution in [2.24, 2.45) is 0 Å². The number of aliphatic hydroxyl groups is 1. The Morgan fingerprint density at radius 3 is 2.52 bits per heavy atom. The van der Waals surface area contributed by atoms with Crippen molar-refractivity contribution in [3.05, 3.63) is 48.0 Å². The molecule has 2 aromatic rings. The lowest BCUT2D eigenvalue weighted by Gasteiger charge is -2.22. The second kappa shape index (κ2) is 8.13. The number of nitrogens with zero attached hydrogens (tertiary/aromatic N) is 1. The van der Waals surface area contributed by atoms with E-state index < -0.39 is 0 Å². The van der Waals surface area contributed by atoms with Crippen LogP contribution in [0.15, 0.2) is 42.5 Å². The average molecular weight is 286 g/mol. The molecule has 0 aliphatic rings. The van der Waals surface area contributed by atoms with Gasteiger partial charge in [0, 0.05) is 19.6 Å². The van der Waals surface area contributed by atoms with E-state index >= 15 is 0 Å². The maximum absolute atomic E-state index is 10.1. The Kier molecular flexibility index (Phi) is 6.18. The summed E-state index contributed by atoms with van der Waals surface area (Å²) in [5.74, 6) is 0. The number of hydrogen-bond donors (Lipinski definition) is 2. The summed E-state index contributed by atoms with van der Waals surface area (Å²) in [6.07, 6.45) is -0.320. The molecule has 21 heavy (non-hydrogen) atoms. The van der Waals surface area contributed by atoms with E-state index in [1.807, 2.05) is 0 Å². The minimum absolute atomic E-state index is 0.320. The maximum atomic E-state index is 10.1. The molecule has 0 aromatic heterocycles. The summed E-state index contributed by atoms with van der Waals surface area (Å²) in [7, 11) is 0. The van der Waals surface area contributed by atoms with Crippen LogP contribution in [0.3, 0.4) is 0 Å². The largest absolute Gasteiger partial charge is 0.390 e. The lowest BCUT2D eigenvalue weighted by atomic mass is 10.0. The van der Waals surface area contributed by atoms with Crippen LogP contribution in [0.1, 0.15) is 19.4 Å². The lowest BCUT2D eigenvalue weighted by Crippen LogP contribution is -2.38. The first kappa shape index (κ1) is 16.0. The molecule has 2 aromatic carbocycles. The number of rotatable bonds is 8. The van der Waals surface area contributed by atoms with Gasteiger partial charge in [-0.1, -0.05) is 56.3 Å². The quantitative estimate of drug-likeness (QED) is 0.783. The molecule has 0 saturated carbocycles. The fraction of sp³-hybridized carbons (Fsp3) is 0.444. The van der Waals surface area contributed by atoms with Gasteiger partial charge in [-0.3, -0.25) is 0 Å². The van der Waals surface area contributed by atoms with Gasteiger partial charge >= 0.3 is 0 Å². The van der Waals surface area contributed by atoms with Crippen LogP contribution in [0.2, 0.25) is 0 Å². The number of benzene rings is 2. The topological polar surface area (TPSA) is 35.5 Å². The second-order valence-electron chi connectivity index (χ2n) is 5.41. The number of fused-ring (bicyclic) bond motifs is 1. The van der Waals surface area contributed by atoms with Gasteiger partial charge in [-0.15, -0.1) is 0 Å². The Morgan fingerprint density at radius 2 is 1.76 bits per heavy atom. The summed E-state index contributed by atoms with van der Waals surface area (Å²) in [5, 5.41) is 16.0. The summed E-state index contributed by atoms with van der Waals surface area (Å²) in [5.41, 5.74) is 1.28. The van der Waals surface area contributed by atoms with Crippen molar-refractivity contribution >= 4 is 10.8 Å². The van der Waals surface area contributed by atoms with E-state index in [0.29, 0.717) is 6.54 Å². The molecule has 0 aliphatic heterocycles. The normalized spacial score (nSPS) is 13.0. The molecule has 2 rings (SSSR count). The smallest absolute Gasteiger partial charge is 0.0791 e. The van der Waals surface area contributed by atoms with E-state index in [2.05, 4.69) is 66.5 Å². The summed E-state index contributed by atoms with van der Waals surface area (Å²) >= 11 is 0. The van der Waals surface area contributed by atoms with E-state index in [1.165, 1.54) is 16.3 Å². The molecular formula is C18H26N2O. The van der Waals surface area contributed by atoms with Crippen molar-refractivity contribution in [1.29, 1.82) is 0 Å². The minimum Gasteiger partial charge on any atom is -0.390 e. The van der Waals surface area contributed by atoms with E-state index in [-0.39, 0.29) is 6.10 Å². The monoisotopic (exact) mass is 286 g/mol. The summed E-state index contributed by atoms with van der Waals surface area (Å²) < 4.78 is 0. The van der Waals surface area contributed by atoms with Crippen LogP contribution in [0.4, 0.5) is 0 Å². The van der Waals surface area contributed by atoms with Gasteiger partial charge in [-0.05, 0) is 29.4 Å². The van der Waals surface area contributed by atoms with Crippen LogP contribution in [0.25, 0.3) is 10.8 Å². The Bertz CT molecular complexity index is 546. The first-order valence-corrected chi connectivity index (χ1v) is 7.82. The van der Waals surface area contributed by atoms with Gasteiger partial charge in [0.05, 0.1) is 6.10 Å². The Balaban J connectivity index is 1.88. The molecule has 0 spiro atoms. The highest BCUT2D eigenvalue weighted by Crippen LogP contribution is 2.18. The molecule has 3 heteroatoms. The van der Waals surface area contributed by atoms with Crippen LogP contribution >= 0.6 is 0 Å². The highest BCUT2D eigenvalue weighted by Gasteiger charge is 2.08. The van der Waals surface area contributed by atoms with Crippen LogP contribution in [-0.2, 0) is 6.54 Å². The molecule has 0 fully saturated rings. The molecule has 0 heterocycles. The number of aliphatic hydroxyl groups excluding tert-OH is 1. The van der Waals surface area contributed by atoms with E-state index in [0.717, 1.165) is 26.2 Å². The zero-order valence-electron chi connectivity index (χ0n) is 13.0. The molecule has 3 nitrogen and oxygen atoms in total. The molecule has 2 N–H and O–H groups in total. The van der Waals surface area contributed by atoms with E-state index in [4.69, 9.17) is 0 Å². The van der Waals surface area contributed by atoms with Gasteiger partial charge in [0.2, 0.25) is 0 Å². The molecule has 0 saturated heterocycles. The van der Waals surface area contributed by atoms with Gasteiger partial charge in [-0.25, -0.2) is 0 Å². The predicted octanol–water partition coefficient (Wildman–Crippen LogP) is 2.63. The van der Waals surface area contributed by atoms with Gasteiger partial charge < -0.3 is 15.3 Å². The second-order valence-corrected chi connectivity index (χ2v) is 5.41. The van der Waals surface area contributed by atoms with Crippen molar-refractivity contribution in [2.75, 3.05) is 26.2 Å². The van der Waals surface area contributed by atoms with Crippen molar-refractivity contribution < 1.29 is 5.11 Å². The Morgan fingerprint density at radius 1 is 1.05 bits per heavy atom. The van der Waals surface area contributed by atoms with Gasteiger partial charge in [-0.2, -0.15) is 0 Å². The lowest BCUT2D eigenvalue weighted by molar-refractivity contribution is 0.116. The number of hydrogen-bond acceptors (Lipinski definition) is 3. The van der Waals surface area contributed by atoms with Crippen LogP contribution in [-0.4, -0.2) is 42.3 Å². The van der Waals surface area contributed by atoms with Gasteiger partial charge in [0.1, 0.15) is 0 Å². The summed E-state index contributed by atoms with van der Waals surface area (Å²) in [4.78, 5) is 2.24. The van der Waals surface area contributed by atoms with Crippen LogP contribution in [0.5, 0.6) is 0 Å². The summed E-state index contributed by atoms with van der Waals surface area (Å²) in [6, 6.07) is 14.8. The fourth-order valence-corrected chi connectivity index (χ4v) is 2.66. The highest BCUT2D eigenvalue weighted by atomic mass is 16.3. The number of likely N-dealkylation sites (N-methyl/N-ethyl adjacent to an activating group) is 1. The highest BCUT2D eigenvalue weighted by molar-refractivity contribution is 5.85. The third-order valence-corrected chi connectivity index (χ3v) is 3.94. The van der Waals surface area contributed by atoms with Crippen molar-refractivity contribution in [3.63, 3.8) is 0 Å². The van der Waals surface area contributed by atoms with Crippen molar-refractivity contribution in [1.82, 2.24) is 10.2 Å². The molecule has 114 valence electrons. The molecule has 0 bridgehead atoms. The molecule has 0 aliphatic carbocycles. The van der Waals surface area contributed by atoms with Gasteiger partial charge in [0.25, 0.3) is 0 Å². The molecule has 1 atom stereocenters. The van der Waals surface area contributed by atoms with Gasteiger partial charge in [0.15, 0.2) is 0 Å². The average Bonchev–Trinajstić information content (AvgIpc) is 2.53. The van der Waals surface area contributed by atoms with E-state index in [9.17, 15) is 5.11 Å². The zero-order chi connectivity index (χ0) is 15.1. The maximum Gasteiger partial charge on any atom is 0.0791 e. The van der Waals surface area contributed by atoms with Crippen molar-refractivity contribution in [3.8, 4) is 0 Å². The zero-order valence-corrected chi connectivity index (χ0v) is 13.0. The molecular weight excluding hydrogens is 260 g/mol. The van der Waals surface area contributed by atoms with Crippen molar-refractivity contribution in [2.45, 2.75) is 26.5 Å². The van der Waals surface area contributed by atoms with Crippen LogP contribution in [0, 0.1) is 0 Å². The first-order chi connectivity index (χ1) is 10.2. The third-order valence-electron chi connectivity index (χ3n) is 3.94. The number of nitrogens with one attached hydrogen (secondary N) is 1. The molecule has 1 unspecified atom stereocenters.